The average molecular weight is 537 g/mol. The van der Waals surface area contributed by atoms with Crippen LogP contribution in [0.25, 0.3) is 5.57 Å². The van der Waals surface area contributed by atoms with Crippen LogP contribution in [-0.4, -0.2) is 44.5 Å². The summed E-state index contributed by atoms with van der Waals surface area (Å²) in [4.78, 5) is 12.2. The molecule has 0 saturated carbocycles. The maximum Gasteiger partial charge on any atom is 0.328 e. The molecule has 9 nitrogen and oxygen atoms in total. The number of benzene rings is 2. The molecule has 2 amide bonds. The van der Waals surface area contributed by atoms with Crippen molar-refractivity contribution in [3.63, 3.8) is 0 Å². The van der Waals surface area contributed by atoms with E-state index in [1.54, 1.807) is 24.4 Å². The second-order valence-electron chi connectivity index (χ2n) is 7.63. The first-order valence-corrected chi connectivity index (χ1v) is 12.7. The monoisotopic (exact) mass is 536 g/mol. The third kappa shape index (κ3) is 5.96. The van der Waals surface area contributed by atoms with Crippen LogP contribution < -0.4 is 14.8 Å². The number of halogens is 2. The molecule has 2 N–H and O–H groups in total. The molecular weight excluding hydrogens is 515 g/mol. The third-order valence-corrected chi connectivity index (χ3v) is 7.21. The Hall–Kier alpha value is -3.05. The molecule has 0 saturated heterocycles. The summed E-state index contributed by atoms with van der Waals surface area (Å²) in [5, 5.41) is 8.08. The lowest BCUT2D eigenvalue weighted by molar-refractivity contribution is 0.145. The van der Waals surface area contributed by atoms with E-state index in [1.807, 2.05) is 15.5 Å². The molecule has 12 heteroatoms. The lowest BCUT2D eigenvalue weighted by atomic mass is 10.1. The minimum Gasteiger partial charge on any atom is -0.497 e. The first kappa shape index (κ1) is 25.1. The zero-order chi connectivity index (χ0) is 25.0. The topological polar surface area (TPSA) is 112 Å². The Morgan fingerprint density at radius 1 is 1.20 bits per heavy atom. The summed E-state index contributed by atoms with van der Waals surface area (Å²) in [6.45, 7) is 1.24. The van der Waals surface area contributed by atoms with Gasteiger partial charge in [0, 0.05) is 27.7 Å². The highest BCUT2D eigenvalue weighted by atomic mass is 35.5. The van der Waals surface area contributed by atoms with Crippen molar-refractivity contribution >= 4 is 44.8 Å². The standard InChI is InChI=1S/C23H22Cl2N4O5S/c1-33-19-4-6-20(7-5-19)35(31,32)28-23(30)26-9-8-16-13-34-14-17-11-27-29(22(16)17)12-15-2-3-18(24)10-21(15)25/h2-8,10-11H,9,12-14H2,1H3,(H2,26,28,30). The number of aromatic nitrogens is 2. The van der Waals surface area contributed by atoms with E-state index in [0.29, 0.717) is 35.6 Å². The molecule has 2 heterocycles. The maximum atomic E-state index is 12.4. The fourth-order valence-electron chi connectivity index (χ4n) is 3.57. The van der Waals surface area contributed by atoms with Gasteiger partial charge >= 0.3 is 6.03 Å². The molecule has 0 unspecified atom stereocenters. The number of methoxy groups -OCH3 is 1. The molecule has 1 aromatic heterocycles. The van der Waals surface area contributed by atoms with E-state index >= 15 is 0 Å². The van der Waals surface area contributed by atoms with E-state index in [1.165, 1.54) is 31.4 Å². The number of hydrogen-bond donors (Lipinski definition) is 2. The van der Waals surface area contributed by atoms with Gasteiger partial charge in [0.15, 0.2) is 0 Å². The van der Waals surface area contributed by atoms with E-state index in [-0.39, 0.29) is 11.4 Å². The summed E-state index contributed by atoms with van der Waals surface area (Å²) < 4.78 is 39.3. The van der Waals surface area contributed by atoms with Crippen LogP contribution in [0.1, 0.15) is 16.8 Å². The number of carbonyl (C=O) groups excluding carboxylic acids is 1. The van der Waals surface area contributed by atoms with Gasteiger partial charge in [0.05, 0.1) is 43.7 Å². The predicted molar refractivity (Wildman–Crippen MR) is 132 cm³/mol. The minimum absolute atomic E-state index is 0.0538. The molecule has 3 aromatic rings. The molecule has 1 aliphatic heterocycles. The van der Waals surface area contributed by atoms with Crippen molar-refractivity contribution in [3.05, 3.63) is 81.6 Å². The van der Waals surface area contributed by atoms with Crippen molar-refractivity contribution in [2.24, 2.45) is 0 Å². The summed E-state index contributed by atoms with van der Waals surface area (Å²) in [7, 11) is -2.55. The fourth-order valence-corrected chi connectivity index (χ4v) is 4.96. The highest BCUT2D eigenvalue weighted by molar-refractivity contribution is 7.90. The van der Waals surface area contributed by atoms with E-state index in [2.05, 4.69) is 10.4 Å². The predicted octanol–water partition coefficient (Wildman–Crippen LogP) is 3.85. The Morgan fingerprint density at radius 3 is 2.69 bits per heavy atom. The molecule has 4 rings (SSSR count). The highest BCUT2D eigenvalue weighted by Gasteiger charge is 2.21. The number of urea groups is 1. The first-order chi connectivity index (χ1) is 16.8. The van der Waals surface area contributed by atoms with Crippen molar-refractivity contribution < 1.29 is 22.7 Å². The van der Waals surface area contributed by atoms with E-state index in [0.717, 1.165) is 22.4 Å². The lowest BCUT2D eigenvalue weighted by Gasteiger charge is -2.19. The number of carbonyl (C=O) groups is 1. The Labute approximate surface area is 212 Å². The van der Waals surface area contributed by atoms with Crippen LogP contribution in [0.15, 0.2) is 59.6 Å². The third-order valence-electron chi connectivity index (χ3n) is 5.28. The molecule has 0 aliphatic carbocycles. The summed E-state index contributed by atoms with van der Waals surface area (Å²) in [5.74, 6) is 0.506. The molecule has 0 spiro atoms. The van der Waals surface area contributed by atoms with Crippen LogP contribution in [0.2, 0.25) is 10.0 Å². The number of fused-ring (bicyclic) bond motifs is 1. The smallest absolute Gasteiger partial charge is 0.328 e. The van der Waals surface area contributed by atoms with Crippen LogP contribution in [0.3, 0.4) is 0 Å². The second kappa shape index (κ2) is 10.7. The molecule has 184 valence electrons. The molecule has 2 aromatic carbocycles. The van der Waals surface area contributed by atoms with Gasteiger partial charge in [0.1, 0.15) is 5.75 Å². The van der Waals surface area contributed by atoms with Gasteiger partial charge < -0.3 is 14.8 Å². The number of ether oxygens (including phenoxy) is 2. The van der Waals surface area contributed by atoms with Crippen LogP contribution >= 0.6 is 23.2 Å². The van der Waals surface area contributed by atoms with Gasteiger partial charge in [-0.2, -0.15) is 5.10 Å². The van der Waals surface area contributed by atoms with Gasteiger partial charge in [-0.1, -0.05) is 35.3 Å². The zero-order valence-electron chi connectivity index (χ0n) is 18.6. The molecule has 1 aliphatic rings. The molecule has 35 heavy (non-hydrogen) atoms. The molecule has 0 radical (unpaired) electrons. The SMILES string of the molecule is COc1ccc(S(=O)(=O)NC(=O)NCC=C2COCc3cnn(Cc4ccc(Cl)cc4Cl)c32)cc1. The Bertz CT molecular complexity index is 1370. The second-order valence-corrected chi connectivity index (χ2v) is 10.2. The Kier molecular flexibility index (Phi) is 7.66. The van der Waals surface area contributed by atoms with Crippen molar-refractivity contribution in [1.82, 2.24) is 19.8 Å². The van der Waals surface area contributed by atoms with E-state index in [9.17, 15) is 13.2 Å². The van der Waals surface area contributed by atoms with E-state index < -0.39 is 16.1 Å². The summed E-state index contributed by atoms with van der Waals surface area (Å²) in [6, 6.07) is 10.1. The number of hydrogen-bond acceptors (Lipinski definition) is 6. The maximum absolute atomic E-state index is 12.4. The number of rotatable bonds is 7. The molecule has 0 atom stereocenters. The van der Waals surface area contributed by atoms with Crippen LogP contribution in [-0.2, 0) is 27.9 Å². The zero-order valence-corrected chi connectivity index (χ0v) is 21.0. The Morgan fingerprint density at radius 2 is 1.97 bits per heavy atom. The van der Waals surface area contributed by atoms with E-state index in [4.69, 9.17) is 32.7 Å². The van der Waals surface area contributed by atoms with Crippen molar-refractivity contribution in [2.75, 3.05) is 20.3 Å². The minimum atomic E-state index is -4.03. The fraction of sp³-hybridized carbons (Fsp3) is 0.217. The summed E-state index contributed by atoms with van der Waals surface area (Å²) >= 11 is 12.3. The molecule has 0 bridgehead atoms. The van der Waals surface area contributed by atoms with Crippen LogP contribution in [0.5, 0.6) is 5.75 Å². The number of amides is 2. The first-order valence-electron chi connectivity index (χ1n) is 10.5. The average Bonchev–Trinajstić information content (AvgIpc) is 3.24. The van der Waals surface area contributed by atoms with Gasteiger partial charge in [0.2, 0.25) is 0 Å². The van der Waals surface area contributed by atoms with Gasteiger partial charge in [-0.25, -0.2) is 17.9 Å². The number of nitrogens with one attached hydrogen (secondary N) is 2. The van der Waals surface area contributed by atoms with Crippen molar-refractivity contribution in [2.45, 2.75) is 18.0 Å². The molecule has 0 fully saturated rings. The molecular formula is C23H22Cl2N4O5S. The van der Waals surface area contributed by atoms with Gasteiger partial charge in [-0.3, -0.25) is 4.68 Å². The largest absolute Gasteiger partial charge is 0.497 e. The number of nitrogens with zero attached hydrogens (tertiary/aromatic N) is 2. The van der Waals surface area contributed by atoms with Gasteiger partial charge in [-0.15, -0.1) is 0 Å². The number of sulfonamides is 1. The lowest BCUT2D eigenvalue weighted by Crippen LogP contribution is -2.39. The Balaban J connectivity index is 1.43. The van der Waals surface area contributed by atoms with Gasteiger partial charge in [0.25, 0.3) is 10.0 Å². The van der Waals surface area contributed by atoms with Crippen LogP contribution in [0, 0.1) is 0 Å². The quantitative estimate of drug-likeness (QED) is 0.474. The van der Waals surface area contributed by atoms with Crippen molar-refractivity contribution in [1.29, 1.82) is 0 Å². The normalized spacial score (nSPS) is 14.4. The van der Waals surface area contributed by atoms with Crippen LogP contribution in [0.4, 0.5) is 4.79 Å². The highest BCUT2D eigenvalue weighted by Crippen LogP contribution is 2.28. The van der Waals surface area contributed by atoms with Gasteiger partial charge in [-0.05, 0) is 42.0 Å². The summed E-state index contributed by atoms with van der Waals surface area (Å²) in [5.41, 5.74) is 3.44. The summed E-state index contributed by atoms with van der Waals surface area (Å²) in [6.07, 6.45) is 3.49. The van der Waals surface area contributed by atoms with Crippen molar-refractivity contribution in [3.8, 4) is 5.75 Å².